The number of carbonyl (C=O) groups is 2. The molecule has 0 saturated heterocycles. The monoisotopic (exact) mass is 262 g/mol. The second-order valence-electron chi connectivity index (χ2n) is 4.78. The normalized spacial score (nSPS) is 15.8. The Morgan fingerprint density at radius 3 is 2.58 bits per heavy atom. The first kappa shape index (κ1) is 13.6. The Morgan fingerprint density at radius 2 is 1.95 bits per heavy atom. The molecule has 4 nitrogen and oxygen atoms in total. The zero-order chi connectivity index (χ0) is 13.7. The second kappa shape index (κ2) is 6.36. The molecule has 2 rings (SSSR count). The molecule has 0 amide bonds. The molecule has 1 aromatic rings. The minimum atomic E-state index is -0.197. The number of methoxy groups -OCH3 is 1. The number of rotatable bonds is 4. The third-order valence-corrected chi connectivity index (χ3v) is 3.47. The molecule has 0 aromatic heterocycles. The first-order chi connectivity index (χ1) is 9.24. The van der Waals surface area contributed by atoms with Crippen LogP contribution in [0.15, 0.2) is 18.2 Å². The van der Waals surface area contributed by atoms with Gasteiger partial charge < -0.3 is 9.47 Å². The molecule has 0 atom stereocenters. The van der Waals surface area contributed by atoms with Crippen LogP contribution >= 0.6 is 0 Å². The van der Waals surface area contributed by atoms with E-state index in [1.807, 2.05) is 0 Å². The summed E-state index contributed by atoms with van der Waals surface area (Å²) in [5.74, 6) is 0.582. The molecule has 19 heavy (non-hydrogen) atoms. The quantitative estimate of drug-likeness (QED) is 0.475. The van der Waals surface area contributed by atoms with E-state index in [1.54, 1.807) is 18.2 Å². The van der Waals surface area contributed by atoms with Crippen LogP contribution in [0.25, 0.3) is 0 Å². The molecular formula is C15H18O4. The lowest BCUT2D eigenvalue weighted by molar-refractivity contribution is -0.140. The van der Waals surface area contributed by atoms with Crippen molar-refractivity contribution in [1.29, 1.82) is 0 Å². The average Bonchev–Trinajstić information content (AvgIpc) is 2.48. The van der Waals surface area contributed by atoms with Crippen LogP contribution < -0.4 is 9.47 Å². The summed E-state index contributed by atoms with van der Waals surface area (Å²) < 4.78 is 10.5. The van der Waals surface area contributed by atoms with Crippen molar-refractivity contribution >= 4 is 12.3 Å². The van der Waals surface area contributed by atoms with Crippen molar-refractivity contribution in [2.24, 2.45) is 5.92 Å². The summed E-state index contributed by atoms with van der Waals surface area (Å²) in [6.45, 7) is 0. The summed E-state index contributed by atoms with van der Waals surface area (Å²) in [6, 6.07) is 4.78. The van der Waals surface area contributed by atoms with E-state index >= 15 is 0 Å². The Morgan fingerprint density at radius 1 is 1.21 bits per heavy atom. The largest absolute Gasteiger partial charge is 0.493 e. The minimum Gasteiger partial charge on any atom is -0.493 e. The van der Waals surface area contributed by atoms with Crippen molar-refractivity contribution in [3.63, 3.8) is 0 Å². The van der Waals surface area contributed by atoms with E-state index in [1.165, 1.54) is 13.5 Å². The van der Waals surface area contributed by atoms with Gasteiger partial charge in [0.25, 0.3) is 0 Å². The second-order valence-corrected chi connectivity index (χ2v) is 4.78. The maximum absolute atomic E-state index is 12.0. The number of benzene rings is 1. The van der Waals surface area contributed by atoms with Crippen LogP contribution in [0.5, 0.6) is 11.5 Å². The van der Waals surface area contributed by atoms with E-state index in [2.05, 4.69) is 0 Å². The van der Waals surface area contributed by atoms with Gasteiger partial charge >= 0.3 is 5.97 Å². The minimum absolute atomic E-state index is 0.01000. The Bertz CT molecular complexity index is 461. The lowest BCUT2D eigenvalue weighted by atomic mass is 9.89. The Labute approximate surface area is 112 Å². The molecular weight excluding hydrogens is 244 g/mol. The van der Waals surface area contributed by atoms with E-state index < -0.39 is 0 Å². The number of carbonyl (C=O) groups excluding carboxylic acids is 2. The SMILES string of the molecule is COc1cc(C=O)ccc1OC(=O)C1CCCCC1. The fourth-order valence-electron chi connectivity index (χ4n) is 2.37. The molecule has 1 saturated carbocycles. The predicted octanol–water partition coefficient (Wildman–Crippen LogP) is 2.99. The molecule has 0 unspecified atom stereocenters. The summed E-state index contributed by atoms with van der Waals surface area (Å²) in [5, 5.41) is 0. The lowest BCUT2D eigenvalue weighted by Crippen LogP contribution is -2.22. The van der Waals surface area contributed by atoms with Crippen LogP contribution in [0.1, 0.15) is 42.5 Å². The van der Waals surface area contributed by atoms with Gasteiger partial charge in [-0.05, 0) is 31.0 Å². The van der Waals surface area contributed by atoms with E-state index in [0.29, 0.717) is 17.1 Å². The molecule has 0 aliphatic heterocycles. The molecule has 0 heterocycles. The van der Waals surface area contributed by atoms with E-state index in [-0.39, 0.29) is 11.9 Å². The summed E-state index contributed by atoms with van der Waals surface area (Å²) in [7, 11) is 1.49. The van der Waals surface area contributed by atoms with Gasteiger partial charge in [-0.1, -0.05) is 19.3 Å². The highest BCUT2D eigenvalue weighted by atomic mass is 16.6. The lowest BCUT2D eigenvalue weighted by Gasteiger charge is -2.20. The molecule has 0 radical (unpaired) electrons. The smallest absolute Gasteiger partial charge is 0.314 e. The number of ether oxygens (including phenoxy) is 2. The number of aldehydes is 1. The van der Waals surface area contributed by atoms with Gasteiger partial charge in [-0.2, -0.15) is 0 Å². The molecule has 1 fully saturated rings. The molecule has 1 aliphatic carbocycles. The molecule has 0 bridgehead atoms. The summed E-state index contributed by atoms with van der Waals surface area (Å²) in [6.07, 6.45) is 5.89. The van der Waals surface area contributed by atoms with Gasteiger partial charge in [-0.3, -0.25) is 9.59 Å². The van der Waals surface area contributed by atoms with Crippen molar-refractivity contribution < 1.29 is 19.1 Å². The maximum Gasteiger partial charge on any atom is 0.314 e. The van der Waals surface area contributed by atoms with Gasteiger partial charge in [0.1, 0.15) is 6.29 Å². The molecule has 1 aliphatic rings. The van der Waals surface area contributed by atoms with Gasteiger partial charge in [0.05, 0.1) is 13.0 Å². The zero-order valence-electron chi connectivity index (χ0n) is 11.1. The predicted molar refractivity (Wildman–Crippen MR) is 70.6 cm³/mol. The number of esters is 1. The van der Waals surface area contributed by atoms with Crippen molar-refractivity contribution in [2.75, 3.05) is 7.11 Å². The van der Waals surface area contributed by atoms with Crippen LogP contribution in [0, 0.1) is 5.92 Å². The summed E-state index contributed by atoms with van der Waals surface area (Å²) in [5.41, 5.74) is 0.495. The van der Waals surface area contributed by atoms with Crippen molar-refractivity contribution in [3.05, 3.63) is 23.8 Å². The van der Waals surface area contributed by atoms with Crippen LogP contribution in [-0.2, 0) is 4.79 Å². The zero-order valence-corrected chi connectivity index (χ0v) is 11.1. The molecule has 102 valence electrons. The molecule has 4 heteroatoms. The Hall–Kier alpha value is -1.84. The highest BCUT2D eigenvalue weighted by Crippen LogP contribution is 2.30. The van der Waals surface area contributed by atoms with E-state index in [9.17, 15) is 9.59 Å². The van der Waals surface area contributed by atoms with E-state index in [0.717, 1.165) is 32.0 Å². The van der Waals surface area contributed by atoms with E-state index in [4.69, 9.17) is 9.47 Å². The summed E-state index contributed by atoms with van der Waals surface area (Å²) >= 11 is 0. The Kier molecular flexibility index (Phi) is 4.55. The highest BCUT2D eigenvalue weighted by molar-refractivity contribution is 5.79. The standard InChI is InChI=1S/C15H18O4/c1-18-14-9-11(10-16)7-8-13(14)19-15(17)12-5-3-2-4-6-12/h7-10,12H,2-6H2,1H3. The van der Waals surface area contributed by atoms with Crippen LogP contribution in [0.4, 0.5) is 0 Å². The molecule has 0 spiro atoms. The molecule has 0 N–H and O–H groups in total. The van der Waals surface area contributed by atoms with Crippen LogP contribution in [-0.4, -0.2) is 19.4 Å². The maximum atomic E-state index is 12.0. The van der Waals surface area contributed by atoms with Crippen molar-refractivity contribution in [1.82, 2.24) is 0 Å². The third-order valence-electron chi connectivity index (χ3n) is 3.47. The highest BCUT2D eigenvalue weighted by Gasteiger charge is 2.23. The van der Waals surface area contributed by atoms with Gasteiger partial charge in [-0.15, -0.1) is 0 Å². The van der Waals surface area contributed by atoms with Crippen molar-refractivity contribution in [3.8, 4) is 11.5 Å². The number of hydrogen-bond acceptors (Lipinski definition) is 4. The van der Waals surface area contributed by atoms with Gasteiger partial charge in [-0.25, -0.2) is 0 Å². The topological polar surface area (TPSA) is 52.6 Å². The van der Waals surface area contributed by atoms with Crippen molar-refractivity contribution in [2.45, 2.75) is 32.1 Å². The molecule has 1 aromatic carbocycles. The fraction of sp³-hybridized carbons (Fsp3) is 0.467. The van der Waals surface area contributed by atoms with Crippen LogP contribution in [0.3, 0.4) is 0 Å². The van der Waals surface area contributed by atoms with Gasteiger partial charge in [0.2, 0.25) is 0 Å². The van der Waals surface area contributed by atoms with Gasteiger partial charge in [0.15, 0.2) is 11.5 Å². The fourth-order valence-corrected chi connectivity index (χ4v) is 2.37. The Balaban J connectivity index is 2.09. The first-order valence-corrected chi connectivity index (χ1v) is 6.59. The third kappa shape index (κ3) is 3.34. The first-order valence-electron chi connectivity index (χ1n) is 6.59. The average molecular weight is 262 g/mol. The summed E-state index contributed by atoms with van der Waals surface area (Å²) in [4.78, 5) is 22.7. The van der Waals surface area contributed by atoms with Crippen LogP contribution in [0.2, 0.25) is 0 Å². The number of hydrogen-bond donors (Lipinski definition) is 0. The van der Waals surface area contributed by atoms with Gasteiger partial charge in [0, 0.05) is 5.56 Å².